The molecule has 2 rings (SSSR count). The molecule has 0 saturated carbocycles. The van der Waals surface area contributed by atoms with E-state index in [1.54, 1.807) is 18.9 Å². The zero-order valence-corrected chi connectivity index (χ0v) is 20.0. The third-order valence-electron chi connectivity index (χ3n) is 4.29. The second-order valence-electron chi connectivity index (χ2n) is 7.03. The molecule has 0 saturated heterocycles. The fourth-order valence-corrected chi connectivity index (χ4v) is 3.21. The minimum Gasteiger partial charge on any atom is -0.493 e. The summed E-state index contributed by atoms with van der Waals surface area (Å²) in [6.45, 7) is 3.51. The Morgan fingerprint density at radius 1 is 1.09 bits per heavy atom. The number of carboxylic acids is 2. The Labute approximate surface area is 198 Å². The van der Waals surface area contributed by atoms with Crippen molar-refractivity contribution in [3.63, 3.8) is 0 Å². The van der Waals surface area contributed by atoms with Crippen molar-refractivity contribution in [2.45, 2.75) is 24.5 Å². The van der Waals surface area contributed by atoms with Crippen LogP contribution in [0.3, 0.4) is 0 Å². The number of nitrogens with zero attached hydrogens (tertiary/aromatic N) is 1. The molecule has 0 amide bonds. The van der Waals surface area contributed by atoms with Crippen LogP contribution < -0.4 is 9.47 Å². The molecule has 9 heteroatoms. The molecule has 8 nitrogen and oxygen atoms in total. The van der Waals surface area contributed by atoms with Crippen molar-refractivity contribution in [1.82, 2.24) is 4.90 Å². The van der Waals surface area contributed by atoms with Gasteiger partial charge in [-0.2, -0.15) is 0 Å². The maximum absolute atomic E-state index is 10.3. The van der Waals surface area contributed by atoms with Gasteiger partial charge >= 0.3 is 11.9 Å². The van der Waals surface area contributed by atoms with Gasteiger partial charge in [-0.3, -0.25) is 4.90 Å². The number of aliphatic hydroxyl groups excluding tert-OH is 1. The van der Waals surface area contributed by atoms with Crippen LogP contribution in [0.2, 0.25) is 0 Å². The molecule has 0 aliphatic heterocycles. The Kier molecular flexibility index (Phi) is 12.7. The summed E-state index contributed by atoms with van der Waals surface area (Å²) in [7, 11) is 3.62. The smallest absolute Gasteiger partial charge is 0.414 e. The molecule has 0 radical (unpaired) electrons. The number of allylic oxidation sites excluding steroid dienone is 1. The molecule has 2 aromatic rings. The molecule has 2 aromatic carbocycles. The van der Waals surface area contributed by atoms with Gasteiger partial charge in [0.05, 0.1) is 7.11 Å². The first-order valence-electron chi connectivity index (χ1n) is 10.1. The van der Waals surface area contributed by atoms with E-state index in [1.807, 2.05) is 44.3 Å². The molecule has 1 unspecified atom stereocenters. The number of rotatable bonds is 10. The fourth-order valence-electron chi connectivity index (χ4n) is 2.81. The number of ether oxygens (including phenoxy) is 2. The average Bonchev–Trinajstić information content (AvgIpc) is 2.79. The second-order valence-corrected chi connectivity index (χ2v) is 7.91. The number of hydrogen-bond donors (Lipinski definition) is 3. The van der Waals surface area contributed by atoms with Gasteiger partial charge in [-0.25, -0.2) is 9.59 Å². The molecule has 0 bridgehead atoms. The summed E-state index contributed by atoms with van der Waals surface area (Å²) in [4.78, 5) is 21.5. The zero-order valence-electron chi connectivity index (χ0n) is 19.2. The normalized spacial score (nSPS) is 11.6. The van der Waals surface area contributed by atoms with Crippen molar-refractivity contribution in [3.8, 4) is 11.5 Å². The third kappa shape index (κ3) is 10.9. The van der Waals surface area contributed by atoms with Crippen LogP contribution in [0.1, 0.15) is 18.1 Å². The highest BCUT2D eigenvalue weighted by Crippen LogP contribution is 2.28. The van der Waals surface area contributed by atoms with Crippen molar-refractivity contribution in [3.05, 3.63) is 59.7 Å². The van der Waals surface area contributed by atoms with Crippen molar-refractivity contribution in [2.75, 3.05) is 33.6 Å². The van der Waals surface area contributed by atoms with Gasteiger partial charge in [-0.1, -0.05) is 30.4 Å². The number of benzene rings is 2. The standard InChI is InChI=1S/C22H29NO3S.C2H2O4/c1-5-6-17-9-12-21(22(13-17)25-3)26-16-19(24)15-23(2)14-18-7-10-20(27-4)11-8-18;3-1(4)2(5)6/h5-13,19,24H,14-16H2,1-4H3;(H,3,4)(H,5,6). The lowest BCUT2D eigenvalue weighted by Crippen LogP contribution is -2.32. The summed E-state index contributed by atoms with van der Waals surface area (Å²) in [5.41, 5.74) is 2.28. The van der Waals surface area contributed by atoms with Crippen LogP contribution in [0.5, 0.6) is 11.5 Å². The third-order valence-corrected chi connectivity index (χ3v) is 5.04. The summed E-state index contributed by atoms with van der Waals surface area (Å²) in [6.07, 6.45) is 5.46. The molecule has 0 aliphatic rings. The number of aliphatic hydroxyl groups is 1. The maximum Gasteiger partial charge on any atom is 0.414 e. The number of hydrogen-bond acceptors (Lipinski definition) is 7. The topological polar surface area (TPSA) is 117 Å². The Balaban J connectivity index is 0.000000801. The molecule has 33 heavy (non-hydrogen) atoms. The van der Waals surface area contributed by atoms with E-state index in [0.29, 0.717) is 18.0 Å². The molecule has 3 N–H and O–H groups in total. The van der Waals surface area contributed by atoms with Crippen LogP contribution in [0, 0.1) is 0 Å². The number of likely N-dealkylation sites (N-methyl/N-ethyl adjacent to an activating group) is 1. The van der Waals surface area contributed by atoms with E-state index in [1.165, 1.54) is 10.5 Å². The first-order chi connectivity index (χ1) is 15.7. The summed E-state index contributed by atoms with van der Waals surface area (Å²) in [5.74, 6) is -2.34. The van der Waals surface area contributed by atoms with Crippen molar-refractivity contribution in [1.29, 1.82) is 0 Å². The average molecular weight is 478 g/mol. The molecule has 0 fully saturated rings. The fraction of sp³-hybridized carbons (Fsp3) is 0.333. The van der Waals surface area contributed by atoms with Crippen molar-refractivity contribution in [2.24, 2.45) is 0 Å². The Morgan fingerprint density at radius 2 is 1.73 bits per heavy atom. The van der Waals surface area contributed by atoms with Gasteiger partial charge in [0.25, 0.3) is 0 Å². The first-order valence-corrected chi connectivity index (χ1v) is 11.3. The molecular formula is C24H31NO7S. The molecule has 180 valence electrons. The van der Waals surface area contributed by atoms with Crippen LogP contribution in [0.25, 0.3) is 6.08 Å². The van der Waals surface area contributed by atoms with E-state index in [9.17, 15) is 5.11 Å². The van der Waals surface area contributed by atoms with E-state index in [0.717, 1.165) is 12.1 Å². The first kappa shape index (κ1) is 28.0. The van der Waals surface area contributed by atoms with E-state index in [4.69, 9.17) is 29.3 Å². The monoisotopic (exact) mass is 477 g/mol. The SMILES string of the molecule is CC=Cc1ccc(OCC(O)CN(C)Cc2ccc(SC)cc2)c(OC)c1.O=C(O)C(=O)O. The number of thioether (sulfide) groups is 1. The van der Waals surface area contributed by atoms with Gasteiger partial charge in [0.1, 0.15) is 12.7 Å². The van der Waals surface area contributed by atoms with Crippen molar-refractivity contribution < 1.29 is 34.4 Å². The van der Waals surface area contributed by atoms with Crippen LogP contribution in [-0.2, 0) is 16.1 Å². The highest BCUT2D eigenvalue weighted by molar-refractivity contribution is 7.98. The quantitative estimate of drug-likeness (QED) is 0.349. The number of carboxylic acid groups (broad SMARTS) is 2. The van der Waals surface area contributed by atoms with Gasteiger partial charge in [0.2, 0.25) is 0 Å². The lowest BCUT2D eigenvalue weighted by atomic mass is 10.2. The number of carbonyl (C=O) groups is 2. The lowest BCUT2D eigenvalue weighted by molar-refractivity contribution is -0.159. The second kappa shape index (κ2) is 14.9. The lowest BCUT2D eigenvalue weighted by Gasteiger charge is -2.21. The predicted molar refractivity (Wildman–Crippen MR) is 129 cm³/mol. The maximum atomic E-state index is 10.3. The Bertz CT molecular complexity index is 904. The summed E-state index contributed by atoms with van der Waals surface area (Å²) in [5, 5.41) is 25.1. The van der Waals surface area contributed by atoms with E-state index in [-0.39, 0.29) is 6.61 Å². The van der Waals surface area contributed by atoms with Gasteiger partial charge in [-0.05, 0) is 55.6 Å². The van der Waals surface area contributed by atoms with Crippen LogP contribution in [-0.4, -0.2) is 71.8 Å². The number of methoxy groups -OCH3 is 1. The molecule has 0 spiro atoms. The van der Waals surface area contributed by atoms with E-state index in [2.05, 4.69) is 35.4 Å². The molecule has 0 heterocycles. The highest BCUT2D eigenvalue weighted by Gasteiger charge is 2.12. The molecule has 0 aromatic heterocycles. The van der Waals surface area contributed by atoms with Crippen LogP contribution in [0.15, 0.2) is 53.4 Å². The Hall–Kier alpha value is -3.01. The predicted octanol–water partition coefficient (Wildman–Crippen LogP) is 3.48. The minimum atomic E-state index is -1.82. The molecular weight excluding hydrogens is 446 g/mol. The summed E-state index contributed by atoms with van der Waals surface area (Å²) >= 11 is 1.73. The van der Waals surface area contributed by atoms with Gasteiger partial charge < -0.3 is 24.8 Å². The van der Waals surface area contributed by atoms with Crippen LogP contribution in [0.4, 0.5) is 0 Å². The number of aliphatic carboxylic acids is 2. The van der Waals surface area contributed by atoms with E-state index >= 15 is 0 Å². The van der Waals surface area contributed by atoms with Crippen LogP contribution >= 0.6 is 11.8 Å². The van der Waals surface area contributed by atoms with Gasteiger partial charge in [0.15, 0.2) is 11.5 Å². The summed E-state index contributed by atoms with van der Waals surface area (Å²) < 4.78 is 11.2. The molecule has 0 aliphatic carbocycles. The summed E-state index contributed by atoms with van der Waals surface area (Å²) in [6, 6.07) is 14.3. The van der Waals surface area contributed by atoms with Crippen molar-refractivity contribution >= 4 is 29.8 Å². The van der Waals surface area contributed by atoms with Gasteiger partial charge in [0, 0.05) is 18.0 Å². The Morgan fingerprint density at radius 3 is 2.24 bits per heavy atom. The van der Waals surface area contributed by atoms with Gasteiger partial charge in [-0.15, -0.1) is 11.8 Å². The van der Waals surface area contributed by atoms with E-state index < -0.39 is 18.0 Å². The largest absolute Gasteiger partial charge is 0.493 e. The minimum absolute atomic E-state index is 0.217. The molecule has 1 atom stereocenters. The highest BCUT2D eigenvalue weighted by atomic mass is 32.2. The zero-order chi connectivity index (χ0) is 24.8.